The molecule has 1 aromatic rings. The van der Waals surface area contributed by atoms with Crippen molar-refractivity contribution in [3.8, 4) is 0 Å². The van der Waals surface area contributed by atoms with E-state index in [0.717, 1.165) is 18.4 Å². The van der Waals surface area contributed by atoms with Crippen molar-refractivity contribution in [2.24, 2.45) is 11.8 Å². The van der Waals surface area contributed by atoms with Gasteiger partial charge >= 0.3 is 0 Å². The van der Waals surface area contributed by atoms with E-state index in [0.29, 0.717) is 0 Å². The van der Waals surface area contributed by atoms with Crippen LogP contribution in [0.3, 0.4) is 0 Å². The van der Waals surface area contributed by atoms with Crippen LogP contribution in [0, 0.1) is 11.8 Å². The van der Waals surface area contributed by atoms with Crippen LogP contribution in [0.25, 0.3) is 0 Å². The molecule has 0 aliphatic heterocycles. The van der Waals surface area contributed by atoms with Crippen LogP contribution in [0.5, 0.6) is 0 Å². The van der Waals surface area contributed by atoms with Crippen molar-refractivity contribution >= 4 is 0 Å². The molecule has 0 saturated carbocycles. The Morgan fingerprint density at radius 2 is 2.15 bits per heavy atom. The minimum Gasteiger partial charge on any atom is -0.272 e. The molecule has 1 rings (SSSR count). The van der Waals surface area contributed by atoms with E-state index in [4.69, 9.17) is 0 Å². The third-order valence-electron chi connectivity index (χ3n) is 2.39. The lowest BCUT2D eigenvalue weighted by atomic mass is 9.95. The minimum atomic E-state index is 0.778. The summed E-state index contributed by atoms with van der Waals surface area (Å²) in [4.78, 5) is 0. The van der Waals surface area contributed by atoms with Crippen LogP contribution < -0.4 is 0 Å². The summed E-state index contributed by atoms with van der Waals surface area (Å²) in [5.74, 6) is 1.57. The summed E-state index contributed by atoms with van der Waals surface area (Å²) in [5.41, 5.74) is 0. The fourth-order valence-electron chi connectivity index (χ4n) is 1.71. The zero-order valence-electron chi connectivity index (χ0n) is 8.90. The lowest BCUT2D eigenvalue weighted by Gasteiger charge is -2.16. The fourth-order valence-corrected chi connectivity index (χ4v) is 1.71. The van der Waals surface area contributed by atoms with Crippen molar-refractivity contribution in [2.75, 3.05) is 0 Å². The normalized spacial score (nSPS) is 13.5. The Morgan fingerprint density at radius 1 is 1.38 bits per heavy atom. The van der Waals surface area contributed by atoms with Crippen molar-refractivity contribution < 1.29 is 0 Å². The van der Waals surface area contributed by atoms with Gasteiger partial charge in [-0.25, -0.2) is 0 Å². The Kier molecular flexibility index (Phi) is 4.00. The maximum absolute atomic E-state index is 4.23. The van der Waals surface area contributed by atoms with Gasteiger partial charge in [0.2, 0.25) is 0 Å². The number of aromatic nitrogens is 2. The predicted molar refractivity (Wildman–Crippen MR) is 55.5 cm³/mol. The molecule has 0 bridgehead atoms. The molecule has 0 aliphatic rings. The van der Waals surface area contributed by atoms with E-state index in [1.807, 2.05) is 23.1 Å². The quantitative estimate of drug-likeness (QED) is 0.681. The highest BCUT2D eigenvalue weighted by molar-refractivity contribution is 4.78. The second kappa shape index (κ2) is 5.05. The van der Waals surface area contributed by atoms with E-state index in [1.54, 1.807) is 0 Å². The number of hydrogen-bond acceptors (Lipinski definition) is 1. The van der Waals surface area contributed by atoms with E-state index in [2.05, 4.69) is 25.9 Å². The van der Waals surface area contributed by atoms with Gasteiger partial charge in [-0.2, -0.15) is 5.10 Å². The molecule has 0 aliphatic carbocycles. The van der Waals surface area contributed by atoms with E-state index in [-0.39, 0.29) is 0 Å². The van der Waals surface area contributed by atoms with E-state index in [1.165, 1.54) is 12.8 Å². The van der Waals surface area contributed by atoms with E-state index >= 15 is 0 Å². The van der Waals surface area contributed by atoms with Crippen LogP contribution in [-0.4, -0.2) is 9.78 Å². The van der Waals surface area contributed by atoms with Crippen molar-refractivity contribution in [1.82, 2.24) is 9.78 Å². The Balaban J connectivity index is 2.40. The average Bonchev–Trinajstić information content (AvgIpc) is 2.55. The first-order valence-electron chi connectivity index (χ1n) is 5.19. The summed E-state index contributed by atoms with van der Waals surface area (Å²) in [5, 5.41) is 4.23. The first-order valence-corrected chi connectivity index (χ1v) is 5.19. The monoisotopic (exact) mass is 180 g/mol. The number of hydrogen-bond donors (Lipinski definition) is 0. The molecular weight excluding hydrogens is 160 g/mol. The Labute approximate surface area is 81.0 Å². The maximum Gasteiger partial charge on any atom is 0.0489 e. The fraction of sp³-hybridized carbons (Fsp3) is 0.727. The lowest BCUT2D eigenvalue weighted by Crippen LogP contribution is -2.12. The summed E-state index contributed by atoms with van der Waals surface area (Å²) >= 11 is 0. The molecule has 0 fully saturated rings. The lowest BCUT2D eigenvalue weighted by molar-refractivity contribution is 0.339. The molecule has 2 nitrogen and oxygen atoms in total. The van der Waals surface area contributed by atoms with Crippen molar-refractivity contribution in [1.29, 1.82) is 0 Å². The van der Waals surface area contributed by atoms with Crippen LogP contribution in [0.2, 0.25) is 0 Å². The molecule has 13 heavy (non-hydrogen) atoms. The molecule has 1 unspecified atom stereocenters. The first-order chi connectivity index (χ1) is 6.22. The van der Waals surface area contributed by atoms with Crippen LogP contribution >= 0.6 is 0 Å². The molecule has 0 aromatic carbocycles. The molecule has 1 aromatic heterocycles. The topological polar surface area (TPSA) is 17.8 Å². The molecule has 74 valence electrons. The van der Waals surface area contributed by atoms with Gasteiger partial charge in [0, 0.05) is 18.9 Å². The van der Waals surface area contributed by atoms with Gasteiger partial charge in [0.15, 0.2) is 0 Å². The minimum absolute atomic E-state index is 0.778. The van der Waals surface area contributed by atoms with Gasteiger partial charge in [-0.3, -0.25) is 4.68 Å². The highest BCUT2D eigenvalue weighted by Crippen LogP contribution is 2.16. The summed E-state index contributed by atoms with van der Waals surface area (Å²) in [7, 11) is 0. The molecule has 1 heterocycles. The van der Waals surface area contributed by atoms with Gasteiger partial charge < -0.3 is 0 Å². The van der Waals surface area contributed by atoms with Gasteiger partial charge in [0.1, 0.15) is 0 Å². The van der Waals surface area contributed by atoms with E-state index < -0.39 is 0 Å². The van der Waals surface area contributed by atoms with Gasteiger partial charge in [-0.1, -0.05) is 27.2 Å². The van der Waals surface area contributed by atoms with Crippen molar-refractivity contribution in [3.63, 3.8) is 0 Å². The van der Waals surface area contributed by atoms with Crippen LogP contribution in [0.15, 0.2) is 18.5 Å². The van der Waals surface area contributed by atoms with Gasteiger partial charge in [-0.05, 0) is 24.3 Å². The first kappa shape index (κ1) is 10.3. The largest absolute Gasteiger partial charge is 0.272 e. The van der Waals surface area contributed by atoms with Crippen molar-refractivity contribution in [2.45, 2.75) is 40.2 Å². The number of rotatable bonds is 5. The van der Waals surface area contributed by atoms with Crippen LogP contribution in [0.4, 0.5) is 0 Å². The van der Waals surface area contributed by atoms with Crippen LogP contribution in [-0.2, 0) is 6.54 Å². The molecule has 0 radical (unpaired) electrons. The molecule has 0 N–H and O–H groups in total. The highest BCUT2D eigenvalue weighted by atomic mass is 15.3. The second-order valence-electron chi connectivity index (χ2n) is 4.13. The van der Waals surface area contributed by atoms with Gasteiger partial charge in [0.05, 0.1) is 0 Å². The Morgan fingerprint density at radius 3 is 2.62 bits per heavy atom. The summed E-state index contributed by atoms with van der Waals surface area (Å²) in [6, 6.07) is 1.99. The third kappa shape index (κ3) is 3.62. The highest BCUT2D eigenvalue weighted by Gasteiger charge is 2.09. The average molecular weight is 180 g/mol. The molecule has 0 spiro atoms. The number of nitrogens with zero attached hydrogens (tertiary/aromatic N) is 2. The van der Waals surface area contributed by atoms with Gasteiger partial charge in [0.25, 0.3) is 0 Å². The second-order valence-corrected chi connectivity index (χ2v) is 4.13. The summed E-state index contributed by atoms with van der Waals surface area (Å²) in [6.45, 7) is 7.90. The molecular formula is C11H20N2. The zero-order valence-corrected chi connectivity index (χ0v) is 8.90. The molecule has 2 heteroatoms. The Hall–Kier alpha value is -0.790. The molecule has 1 atom stereocenters. The maximum atomic E-state index is 4.23. The predicted octanol–water partition coefficient (Wildman–Crippen LogP) is 2.96. The third-order valence-corrected chi connectivity index (χ3v) is 2.39. The zero-order chi connectivity index (χ0) is 9.68. The van der Waals surface area contributed by atoms with Crippen molar-refractivity contribution in [3.05, 3.63) is 18.5 Å². The molecule has 0 amide bonds. The van der Waals surface area contributed by atoms with Crippen LogP contribution in [0.1, 0.15) is 33.6 Å². The standard InChI is InChI=1S/C11H20N2/c1-4-11(8-10(2)3)9-13-7-5-6-12-13/h5-7,10-11H,4,8-9H2,1-3H3. The van der Waals surface area contributed by atoms with Gasteiger partial charge in [-0.15, -0.1) is 0 Å². The smallest absolute Gasteiger partial charge is 0.0489 e. The van der Waals surface area contributed by atoms with E-state index in [9.17, 15) is 0 Å². The SMILES string of the molecule is CCC(CC(C)C)Cn1cccn1. The Bertz CT molecular complexity index is 214. The summed E-state index contributed by atoms with van der Waals surface area (Å²) < 4.78 is 2.04. The summed E-state index contributed by atoms with van der Waals surface area (Å²) in [6.07, 6.45) is 6.44. The molecule has 0 saturated heterocycles.